The van der Waals surface area contributed by atoms with E-state index in [2.05, 4.69) is 4.79 Å². The van der Waals surface area contributed by atoms with Crippen LogP contribution in [-0.2, 0) is 24.3 Å². The number of ether oxygens (including phenoxy) is 3. The van der Waals surface area contributed by atoms with Crippen molar-refractivity contribution in [2.24, 2.45) is 0 Å². The third kappa shape index (κ3) is 6.14. The van der Waals surface area contributed by atoms with Crippen molar-refractivity contribution in [3.8, 4) is 5.75 Å². The third-order valence-electron chi connectivity index (χ3n) is 4.03. The number of benzene rings is 2. The van der Waals surface area contributed by atoms with Crippen LogP contribution in [0.4, 0.5) is 4.79 Å². The molecular weight excluding hydrogens is 426 g/mol. The minimum atomic E-state index is -4.24. The Balaban J connectivity index is 2.33. The van der Waals surface area contributed by atoms with Crippen LogP contribution in [0.2, 0.25) is 0 Å². The SMILES string of the molecule is CCOC(=O)C(=[N+]=[N-])C(OC(=O)NS(=O)(=O)c1ccc(C)cc1)c1ccc(OC)cc1. The first-order valence-electron chi connectivity index (χ1n) is 9.05. The molecule has 0 saturated heterocycles. The predicted molar refractivity (Wildman–Crippen MR) is 109 cm³/mol. The molecular formula is C20H21N3O7S. The van der Waals surface area contributed by atoms with Crippen molar-refractivity contribution < 1.29 is 37.0 Å². The molecule has 11 heteroatoms. The van der Waals surface area contributed by atoms with Gasteiger partial charge in [0.2, 0.25) is 6.10 Å². The Morgan fingerprint density at radius 3 is 2.23 bits per heavy atom. The molecule has 164 valence electrons. The van der Waals surface area contributed by atoms with Gasteiger partial charge in [-0.2, -0.15) is 4.79 Å². The second kappa shape index (κ2) is 10.4. The standard InChI is InChI=1S/C20H21N3O7S/c1-4-29-19(24)17(22-21)18(14-7-9-15(28-3)10-8-14)30-20(25)23-31(26,27)16-11-5-13(2)6-12-16/h5-12,18H,4H2,1-3H3,(H,23,25). The topological polar surface area (TPSA) is 144 Å². The van der Waals surface area contributed by atoms with E-state index in [9.17, 15) is 23.5 Å². The summed E-state index contributed by atoms with van der Waals surface area (Å²) in [6.45, 7) is 3.29. The molecule has 0 fully saturated rings. The Morgan fingerprint density at radius 2 is 1.71 bits per heavy atom. The second-order valence-corrected chi connectivity index (χ2v) is 7.87. The van der Waals surface area contributed by atoms with Gasteiger partial charge < -0.3 is 19.7 Å². The van der Waals surface area contributed by atoms with Crippen molar-refractivity contribution in [3.63, 3.8) is 0 Å². The Kier molecular flexibility index (Phi) is 7.89. The zero-order valence-electron chi connectivity index (χ0n) is 17.1. The van der Waals surface area contributed by atoms with Gasteiger partial charge in [0, 0.05) is 5.56 Å². The summed E-state index contributed by atoms with van der Waals surface area (Å²) >= 11 is 0. The number of esters is 1. The van der Waals surface area contributed by atoms with E-state index in [1.807, 2.05) is 0 Å². The van der Waals surface area contributed by atoms with Gasteiger partial charge in [0.15, 0.2) is 0 Å². The lowest BCUT2D eigenvalue weighted by Gasteiger charge is -2.15. The van der Waals surface area contributed by atoms with Crippen LogP contribution in [0.15, 0.2) is 53.4 Å². The minimum absolute atomic E-state index is 0.0266. The lowest BCUT2D eigenvalue weighted by molar-refractivity contribution is -0.141. The number of amides is 1. The number of carbonyl (C=O) groups is 2. The number of aryl methyl sites for hydroxylation is 1. The van der Waals surface area contributed by atoms with Crippen LogP contribution in [-0.4, -0.2) is 44.7 Å². The van der Waals surface area contributed by atoms with Crippen molar-refractivity contribution in [2.75, 3.05) is 13.7 Å². The van der Waals surface area contributed by atoms with Crippen molar-refractivity contribution in [3.05, 3.63) is 65.2 Å². The maximum atomic E-state index is 12.4. The van der Waals surface area contributed by atoms with Crippen molar-refractivity contribution in [1.29, 1.82) is 0 Å². The van der Waals surface area contributed by atoms with Gasteiger partial charge in [-0.3, -0.25) is 0 Å². The Bertz CT molecular complexity index is 1090. The maximum Gasteiger partial charge on any atom is 0.422 e. The molecule has 0 bridgehead atoms. The summed E-state index contributed by atoms with van der Waals surface area (Å²) in [7, 11) is -2.79. The van der Waals surface area contributed by atoms with Gasteiger partial charge in [0.05, 0.1) is 18.6 Å². The molecule has 0 aliphatic heterocycles. The summed E-state index contributed by atoms with van der Waals surface area (Å²) in [5.74, 6) is -0.562. The number of nitrogens with one attached hydrogen (secondary N) is 1. The van der Waals surface area contributed by atoms with Crippen LogP contribution >= 0.6 is 0 Å². The minimum Gasteiger partial charge on any atom is -0.497 e. The highest BCUT2D eigenvalue weighted by molar-refractivity contribution is 7.90. The molecule has 0 heterocycles. The quantitative estimate of drug-likeness (QED) is 0.283. The van der Waals surface area contributed by atoms with Gasteiger partial charge in [-0.25, -0.2) is 22.7 Å². The molecule has 2 aromatic carbocycles. The first-order chi connectivity index (χ1) is 14.7. The monoisotopic (exact) mass is 447 g/mol. The van der Waals surface area contributed by atoms with Gasteiger partial charge in [0.25, 0.3) is 10.0 Å². The molecule has 1 unspecified atom stereocenters. The number of rotatable bonds is 8. The molecule has 0 aromatic heterocycles. The number of methoxy groups -OCH3 is 1. The van der Waals surface area contributed by atoms with Gasteiger partial charge in [0.1, 0.15) is 5.75 Å². The van der Waals surface area contributed by atoms with Crippen molar-refractivity contribution >= 4 is 27.8 Å². The summed E-state index contributed by atoms with van der Waals surface area (Å²) in [6.07, 6.45) is -2.94. The fraction of sp³-hybridized carbons (Fsp3) is 0.250. The van der Waals surface area contributed by atoms with Gasteiger partial charge >= 0.3 is 17.8 Å². The highest BCUT2D eigenvalue weighted by atomic mass is 32.2. The first-order valence-corrected chi connectivity index (χ1v) is 10.5. The van der Waals surface area contributed by atoms with Crippen LogP contribution in [0.25, 0.3) is 5.53 Å². The first kappa shape index (κ1) is 23.6. The zero-order chi connectivity index (χ0) is 23.0. The molecule has 1 N–H and O–H groups in total. The van der Waals surface area contributed by atoms with E-state index >= 15 is 0 Å². The van der Waals surface area contributed by atoms with E-state index in [0.29, 0.717) is 5.75 Å². The lowest BCUT2D eigenvalue weighted by atomic mass is 10.0. The zero-order valence-corrected chi connectivity index (χ0v) is 17.9. The van der Waals surface area contributed by atoms with E-state index in [1.54, 1.807) is 23.8 Å². The number of sulfonamides is 1. The molecule has 0 spiro atoms. The summed E-state index contributed by atoms with van der Waals surface area (Å²) in [5, 5.41) is 0. The van der Waals surface area contributed by atoms with E-state index in [1.165, 1.54) is 50.4 Å². The normalized spacial score (nSPS) is 11.6. The molecule has 0 radical (unpaired) electrons. The Labute approximate surface area is 179 Å². The van der Waals surface area contributed by atoms with E-state index in [-0.39, 0.29) is 17.1 Å². The van der Waals surface area contributed by atoms with Crippen LogP contribution in [0.3, 0.4) is 0 Å². The molecule has 10 nitrogen and oxygen atoms in total. The van der Waals surface area contributed by atoms with E-state index in [4.69, 9.17) is 14.2 Å². The highest BCUT2D eigenvalue weighted by Gasteiger charge is 2.38. The number of hydrogen-bond donors (Lipinski definition) is 1. The van der Waals surface area contributed by atoms with Crippen LogP contribution in [0, 0.1) is 6.92 Å². The fourth-order valence-corrected chi connectivity index (χ4v) is 3.36. The number of hydrogen-bond acceptors (Lipinski definition) is 7. The average Bonchev–Trinajstić information content (AvgIpc) is 2.74. The lowest BCUT2D eigenvalue weighted by Crippen LogP contribution is -2.36. The predicted octanol–water partition coefficient (Wildman–Crippen LogP) is 2.39. The summed E-state index contributed by atoms with van der Waals surface area (Å²) in [4.78, 5) is 27.3. The van der Waals surface area contributed by atoms with E-state index < -0.39 is 33.9 Å². The molecule has 2 rings (SSSR count). The molecule has 2 aromatic rings. The van der Waals surface area contributed by atoms with Crippen LogP contribution in [0.1, 0.15) is 24.2 Å². The molecule has 1 amide bonds. The molecule has 0 aliphatic rings. The van der Waals surface area contributed by atoms with Gasteiger partial charge in [-0.05, 0) is 38.1 Å². The van der Waals surface area contributed by atoms with E-state index in [0.717, 1.165) is 5.56 Å². The summed E-state index contributed by atoms with van der Waals surface area (Å²) < 4.78 is 41.7. The largest absolute Gasteiger partial charge is 0.497 e. The van der Waals surface area contributed by atoms with Crippen molar-refractivity contribution in [2.45, 2.75) is 24.8 Å². The van der Waals surface area contributed by atoms with Gasteiger partial charge in [-0.1, -0.05) is 29.8 Å². The van der Waals surface area contributed by atoms with Crippen molar-refractivity contribution in [1.82, 2.24) is 4.72 Å². The Morgan fingerprint density at radius 1 is 1.10 bits per heavy atom. The highest BCUT2D eigenvalue weighted by Crippen LogP contribution is 2.23. The molecule has 1 atom stereocenters. The van der Waals surface area contributed by atoms with Crippen LogP contribution in [0.5, 0.6) is 5.75 Å². The smallest absolute Gasteiger partial charge is 0.422 e. The maximum absolute atomic E-state index is 12.4. The second-order valence-electron chi connectivity index (χ2n) is 6.18. The summed E-state index contributed by atoms with van der Waals surface area (Å²) in [6, 6.07) is 11.7. The fourth-order valence-electron chi connectivity index (χ4n) is 2.48. The summed E-state index contributed by atoms with van der Waals surface area (Å²) in [5.41, 5.74) is 9.74. The Hall–Kier alpha value is -3.69. The molecule has 0 aliphatic carbocycles. The number of carbonyl (C=O) groups excluding carboxylic acids is 2. The third-order valence-corrected chi connectivity index (χ3v) is 5.36. The molecule has 0 saturated carbocycles. The molecule has 31 heavy (non-hydrogen) atoms. The van der Waals surface area contributed by atoms with Gasteiger partial charge in [-0.15, -0.1) is 0 Å². The van der Waals surface area contributed by atoms with Crippen LogP contribution < -0.4 is 9.46 Å². The average molecular weight is 447 g/mol. The number of nitrogens with zero attached hydrogens (tertiary/aromatic N) is 2.